The number of ether oxygens (including phenoxy) is 2. The first kappa shape index (κ1) is 14.4. The third-order valence-electron chi connectivity index (χ3n) is 3.45. The summed E-state index contributed by atoms with van der Waals surface area (Å²) < 4.78 is 11.6. The monoisotopic (exact) mass is 318 g/mol. The van der Waals surface area contributed by atoms with Gasteiger partial charge >= 0.3 is 5.69 Å². The second-order valence-electron chi connectivity index (χ2n) is 4.70. The van der Waals surface area contributed by atoms with E-state index in [1.165, 1.54) is 23.0 Å². The van der Waals surface area contributed by atoms with Crippen molar-refractivity contribution >= 4 is 22.2 Å². The van der Waals surface area contributed by atoms with E-state index in [9.17, 15) is 9.59 Å². The van der Waals surface area contributed by atoms with E-state index in [4.69, 9.17) is 9.47 Å². The number of nitrogens with zero attached hydrogens (tertiary/aromatic N) is 1. The standard InChI is InChI=1S/C15H14N2O4S/c1-20-10-4-3-9(13(5-10)21-2)6-17-14(18)11-7-22-8-12(11)16-15(17)19/h3-5,7-8H,6H2,1-2H3,(H,16,19). The molecule has 2 heterocycles. The van der Waals surface area contributed by atoms with Crippen LogP contribution in [-0.2, 0) is 6.54 Å². The van der Waals surface area contributed by atoms with Gasteiger partial charge < -0.3 is 14.5 Å². The van der Waals surface area contributed by atoms with Crippen LogP contribution in [0.2, 0.25) is 0 Å². The van der Waals surface area contributed by atoms with Crippen molar-refractivity contribution in [2.24, 2.45) is 0 Å². The van der Waals surface area contributed by atoms with Gasteiger partial charge in [-0.3, -0.25) is 9.36 Å². The number of fused-ring (bicyclic) bond motifs is 1. The quantitative estimate of drug-likeness (QED) is 0.796. The zero-order valence-electron chi connectivity index (χ0n) is 12.1. The lowest BCUT2D eigenvalue weighted by Gasteiger charge is -2.11. The van der Waals surface area contributed by atoms with Gasteiger partial charge in [0.05, 0.1) is 31.7 Å². The Hall–Kier alpha value is -2.54. The fourth-order valence-electron chi connectivity index (χ4n) is 2.28. The molecule has 3 rings (SSSR count). The highest BCUT2D eigenvalue weighted by Crippen LogP contribution is 2.24. The van der Waals surface area contributed by atoms with Gasteiger partial charge in [-0.15, -0.1) is 11.3 Å². The van der Waals surface area contributed by atoms with Gasteiger partial charge in [0.2, 0.25) is 0 Å². The lowest BCUT2D eigenvalue weighted by Crippen LogP contribution is -2.35. The van der Waals surface area contributed by atoms with Crippen molar-refractivity contribution < 1.29 is 9.47 Å². The van der Waals surface area contributed by atoms with Crippen LogP contribution >= 0.6 is 11.3 Å². The summed E-state index contributed by atoms with van der Waals surface area (Å²) in [6, 6.07) is 5.26. The Balaban J connectivity index is 2.10. The maximum Gasteiger partial charge on any atom is 0.329 e. The molecule has 0 saturated carbocycles. The molecule has 0 aliphatic rings. The predicted octanol–water partition coefficient (Wildman–Crippen LogP) is 1.82. The van der Waals surface area contributed by atoms with Gasteiger partial charge in [-0.1, -0.05) is 0 Å². The number of aromatic nitrogens is 2. The highest BCUT2D eigenvalue weighted by Gasteiger charge is 2.12. The molecule has 0 amide bonds. The first-order chi connectivity index (χ1) is 10.6. The van der Waals surface area contributed by atoms with E-state index < -0.39 is 5.69 Å². The van der Waals surface area contributed by atoms with Crippen molar-refractivity contribution in [3.63, 3.8) is 0 Å². The Kier molecular flexibility index (Phi) is 3.72. The summed E-state index contributed by atoms with van der Waals surface area (Å²) in [7, 11) is 3.10. The van der Waals surface area contributed by atoms with E-state index in [1.54, 1.807) is 36.1 Å². The maximum atomic E-state index is 12.4. The molecule has 114 valence electrons. The summed E-state index contributed by atoms with van der Waals surface area (Å²) in [4.78, 5) is 27.3. The number of benzene rings is 1. The lowest BCUT2D eigenvalue weighted by atomic mass is 10.2. The van der Waals surface area contributed by atoms with Gasteiger partial charge in [-0.2, -0.15) is 0 Å². The van der Waals surface area contributed by atoms with Gasteiger partial charge in [0.15, 0.2) is 0 Å². The summed E-state index contributed by atoms with van der Waals surface area (Å²) in [5.74, 6) is 1.21. The molecule has 22 heavy (non-hydrogen) atoms. The second kappa shape index (κ2) is 5.69. The first-order valence-corrected chi connectivity index (χ1v) is 7.48. The van der Waals surface area contributed by atoms with E-state index in [0.717, 1.165) is 5.56 Å². The van der Waals surface area contributed by atoms with Gasteiger partial charge in [0.1, 0.15) is 11.5 Å². The molecule has 2 aromatic heterocycles. The van der Waals surface area contributed by atoms with Crippen molar-refractivity contribution in [3.05, 3.63) is 55.4 Å². The molecule has 0 atom stereocenters. The average Bonchev–Trinajstić information content (AvgIpc) is 2.99. The van der Waals surface area contributed by atoms with Crippen molar-refractivity contribution in [2.45, 2.75) is 6.54 Å². The van der Waals surface area contributed by atoms with Gasteiger partial charge in [-0.05, 0) is 12.1 Å². The Morgan fingerprint density at radius 3 is 2.73 bits per heavy atom. The molecule has 3 aromatic rings. The largest absolute Gasteiger partial charge is 0.497 e. The minimum Gasteiger partial charge on any atom is -0.497 e. The molecule has 0 unspecified atom stereocenters. The molecule has 0 radical (unpaired) electrons. The summed E-state index contributed by atoms with van der Waals surface area (Å²) >= 11 is 1.38. The molecule has 7 heteroatoms. The van der Waals surface area contributed by atoms with E-state index in [1.807, 2.05) is 0 Å². The number of aromatic amines is 1. The topological polar surface area (TPSA) is 73.3 Å². The van der Waals surface area contributed by atoms with Crippen LogP contribution in [-0.4, -0.2) is 23.8 Å². The first-order valence-electron chi connectivity index (χ1n) is 6.54. The fraction of sp³-hybridized carbons (Fsp3) is 0.200. The van der Waals surface area contributed by atoms with E-state index >= 15 is 0 Å². The van der Waals surface area contributed by atoms with Crippen molar-refractivity contribution in [1.82, 2.24) is 9.55 Å². The molecule has 0 aliphatic heterocycles. The van der Waals surface area contributed by atoms with Crippen LogP contribution in [0, 0.1) is 0 Å². The highest BCUT2D eigenvalue weighted by molar-refractivity contribution is 7.09. The molecular weight excluding hydrogens is 304 g/mol. The number of thiophene rings is 1. The van der Waals surface area contributed by atoms with Gasteiger partial charge in [-0.25, -0.2) is 4.79 Å². The van der Waals surface area contributed by atoms with E-state index in [0.29, 0.717) is 22.4 Å². The van der Waals surface area contributed by atoms with Crippen molar-refractivity contribution in [1.29, 1.82) is 0 Å². The number of methoxy groups -OCH3 is 2. The molecule has 0 fully saturated rings. The normalized spacial score (nSPS) is 10.8. The molecular formula is C15H14N2O4S. The maximum absolute atomic E-state index is 12.4. The number of hydrogen-bond acceptors (Lipinski definition) is 5. The predicted molar refractivity (Wildman–Crippen MR) is 85.4 cm³/mol. The second-order valence-corrected chi connectivity index (χ2v) is 5.44. The third kappa shape index (κ3) is 2.39. The molecule has 0 bridgehead atoms. The zero-order valence-corrected chi connectivity index (χ0v) is 12.9. The van der Waals surface area contributed by atoms with E-state index in [2.05, 4.69) is 4.98 Å². The van der Waals surface area contributed by atoms with Gasteiger partial charge in [0, 0.05) is 22.4 Å². The SMILES string of the molecule is COc1ccc(Cn2c(=O)[nH]c3cscc3c2=O)c(OC)c1. The Bertz CT molecular complexity index is 939. The van der Waals surface area contributed by atoms with Crippen LogP contribution in [0.3, 0.4) is 0 Å². The van der Waals surface area contributed by atoms with Crippen LogP contribution < -0.4 is 20.7 Å². The fourth-order valence-corrected chi connectivity index (χ4v) is 3.03. The number of H-pyrrole nitrogens is 1. The summed E-state index contributed by atoms with van der Waals surface area (Å²) in [6.07, 6.45) is 0. The van der Waals surface area contributed by atoms with Crippen LogP contribution in [0.4, 0.5) is 0 Å². The molecule has 6 nitrogen and oxygen atoms in total. The summed E-state index contributed by atoms with van der Waals surface area (Å²) in [5, 5.41) is 3.99. The molecule has 1 aromatic carbocycles. The number of rotatable bonds is 4. The Morgan fingerprint density at radius 2 is 2.00 bits per heavy atom. The third-order valence-corrected chi connectivity index (χ3v) is 4.19. The van der Waals surface area contributed by atoms with Gasteiger partial charge in [0.25, 0.3) is 5.56 Å². The Labute approximate surface area is 129 Å². The van der Waals surface area contributed by atoms with Crippen LogP contribution in [0.1, 0.15) is 5.56 Å². The minimum absolute atomic E-state index is 0.132. The molecule has 0 aliphatic carbocycles. The van der Waals surface area contributed by atoms with E-state index in [-0.39, 0.29) is 12.1 Å². The molecule has 0 saturated heterocycles. The summed E-state index contributed by atoms with van der Waals surface area (Å²) in [5.41, 5.74) is 0.551. The number of hydrogen-bond donors (Lipinski definition) is 1. The van der Waals surface area contributed by atoms with Crippen LogP contribution in [0.5, 0.6) is 11.5 Å². The minimum atomic E-state index is -0.436. The van der Waals surface area contributed by atoms with Crippen LogP contribution in [0.25, 0.3) is 10.9 Å². The molecule has 0 spiro atoms. The average molecular weight is 318 g/mol. The number of nitrogens with one attached hydrogen (secondary N) is 1. The Morgan fingerprint density at radius 1 is 1.18 bits per heavy atom. The van der Waals surface area contributed by atoms with Crippen molar-refractivity contribution in [2.75, 3.05) is 14.2 Å². The zero-order chi connectivity index (χ0) is 15.7. The van der Waals surface area contributed by atoms with Crippen molar-refractivity contribution in [3.8, 4) is 11.5 Å². The van der Waals surface area contributed by atoms with Crippen LogP contribution in [0.15, 0.2) is 38.5 Å². The molecule has 1 N–H and O–H groups in total. The smallest absolute Gasteiger partial charge is 0.329 e. The summed E-state index contributed by atoms with van der Waals surface area (Å²) in [6.45, 7) is 0.132. The highest BCUT2D eigenvalue weighted by atomic mass is 32.1. The lowest BCUT2D eigenvalue weighted by molar-refractivity contribution is 0.390.